The van der Waals surface area contributed by atoms with Crippen molar-refractivity contribution in [3.05, 3.63) is 45.1 Å². The molecule has 0 bridgehead atoms. The number of rotatable bonds is 3. The summed E-state index contributed by atoms with van der Waals surface area (Å²) in [6.45, 7) is 0. The van der Waals surface area contributed by atoms with Crippen LogP contribution in [0.2, 0.25) is 5.15 Å². The summed E-state index contributed by atoms with van der Waals surface area (Å²) in [6, 6.07) is 3.49. The number of aromatic nitrogens is 2. The Morgan fingerprint density at radius 1 is 1.38 bits per heavy atom. The first-order chi connectivity index (χ1) is 9.84. The van der Waals surface area contributed by atoms with Gasteiger partial charge in [-0.05, 0) is 12.1 Å². The van der Waals surface area contributed by atoms with Gasteiger partial charge < -0.3 is 0 Å². The lowest BCUT2D eigenvalue weighted by Crippen LogP contribution is -2.13. The lowest BCUT2D eigenvalue weighted by molar-refractivity contribution is -0.137. The first-order valence-electron chi connectivity index (χ1n) is 5.40. The van der Waals surface area contributed by atoms with Gasteiger partial charge in [-0.2, -0.15) is 18.4 Å². The molecule has 1 unspecified atom stereocenters. The molecule has 4 nitrogen and oxygen atoms in total. The minimum atomic E-state index is -4.53. The third-order valence-electron chi connectivity index (χ3n) is 2.55. The van der Waals surface area contributed by atoms with Crippen LogP contribution in [0.1, 0.15) is 26.8 Å². The van der Waals surface area contributed by atoms with E-state index in [9.17, 15) is 18.0 Å². The summed E-state index contributed by atoms with van der Waals surface area (Å²) in [6.07, 6.45) is -3.94. The maximum atomic E-state index is 12.4. The highest BCUT2D eigenvalue weighted by Crippen LogP contribution is 2.30. The lowest BCUT2D eigenvalue weighted by atomic mass is 10.00. The SMILES string of the molecule is N#CC(C(=O)c1scnc1Cl)c1ccc(C(F)(F)F)cn1. The standard InChI is InChI=1S/C12H5ClF3N3OS/c13-11-10(21-5-19-11)9(20)7(3-17)8-2-1-6(4-18-8)12(14,15)16/h1-2,4-5,7H. The number of carbonyl (C=O) groups is 1. The highest BCUT2D eigenvalue weighted by atomic mass is 35.5. The van der Waals surface area contributed by atoms with E-state index >= 15 is 0 Å². The highest BCUT2D eigenvalue weighted by Gasteiger charge is 2.32. The van der Waals surface area contributed by atoms with Crippen LogP contribution in [0.5, 0.6) is 0 Å². The van der Waals surface area contributed by atoms with E-state index < -0.39 is 23.4 Å². The van der Waals surface area contributed by atoms with E-state index in [1.807, 2.05) is 0 Å². The van der Waals surface area contributed by atoms with Crippen LogP contribution >= 0.6 is 22.9 Å². The van der Waals surface area contributed by atoms with E-state index in [1.54, 1.807) is 6.07 Å². The molecule has 2 aromatic rings. The maximum Gasteiger partial charge on any atom is 0.417 e. The van der Waals surface area contributed by atoms with E-state index in [0.29, 0.717) is 6.20 Å². The average Bonchev–Trinajstić information content (AvgIpc) is 2.85. The van der Waals surface area contributed by atoms with E-state index in [-0.39, 0.29) is 15.7 Å². The third kappa shape index (κ3) is 3.20. The van der Waals surface area contributed by atoms with Gasteiger partial charge in [-0.1, -0.05) is 11.6 Å². The molecule has 0 aliphatic rings. The number of alkyl halides is 3. The zero-order valence-electron chi connectivity index (χ0n) is 10.1. The van der Waals surface area contributed by atoms with Crippen molar-refractivity contribution in [2.45, 2.75) is 12.1 Å². The minimum absolute atomic E-state index is 0.0443. The molecule has 2 aromatic heterocycles. The second kappa shape index (κ2) is 5.79. The lowest BCUT2D eigenvalue weighted by Gasteiger charge is -2.09. The molecule has 9 heteroatoms. The van der Waals surface area contributed by atoms with Gasteiger partial charge in [0, 0.05) is 6.20 Å². The van der Waals surface area contributed by atoms with Crippen LogP contribution in [-0.4, -0.2) is 15.8 Å². The molecule has 2 rings (SSSR count). The minimum Gasteiger partial charge on any atom is -0.291 e. The van der Waals surface area contributed by atoms with Gasteiger partial charge >= 0.3 is 6.18 Å². The molecule has 0 saturated heterocycles. The van der Waals surface area contributed by atoms with Crippen molar-refractivity contribution in [1.82, 2.24) is 9.97 Å². The Morgan fingerprint density at radius 3 is 2.52 bits per heavy atom. The second-order valence-corrected chi connectivity index (χ2v) is 5.08. The number of nitrogens with zero attached hydrogens (tertiary/aromatic N) is 3. The Kier molecular flexibility index (Phi) is 4.25. The first-order valence-corrected chi connectivity index (χ1v) is 6.66. The molecule has 0 radical (unpaired) electrons. The molecule has 0 N–H and O–H groups in total. The van der Waals surface area contributed by atoms with Crippen molar-refractivity contribution < 1.29 is 18.0 Å². The van der Waals surface area contributed by atoms with Crippen molar-refractivity contribution in [2.75, 3.05) is 0 Å². The van der Waals surface area contributed by atoms with Crippen molar-refractivity contribution in [3.63, 3.8) is 0 Å². The van der Waals surface area contributed by atoms with Crippen LogP contribution in [0.3, 0.4) is 0 Å². The fraction of sp³-hybridized carbons (Fsp3) is 0.167. The summed E-state index contributed by atoms with van der Waals surface area (Å²) in [4.78, 5) is 19.4. The van der Waals surface area contributed by atoms with Crippen molar-refractivity contribution in [2.24, 2.45) is 0 Å². The van der Waals surface area contributed by atoms with E-state index in [0.717, 1.165) is 23.5 Å². The Labute approximate surface area is 125 Å². The molecular weight excluding hydrogens is 327 g/mol. The molecule has 21 heavy (non-hydrogen) atoms. The van der Waals surface area contributed by atoms with E-state index in [4.69, 9.17) is 16.9 Å². The molecule has 0 aromatic carbocycles. The molecule has 0 saturated carbocycles. The van der Waals surface area contributed by atoms with E-state index in [1.165, 1.54) is 5.51 Å². The first kappa shape index (κ1) is 15.4. The topological polar surface area (TPSA) is 66.6 Å². The number of pyridine rings is 1. The zero-order valence-corrected chi connectivity index (χ0v) is 11.6. The van der Waals surface area contributed by atoms with Crippen molar-refractivity contribution in [1.29, 1.82) is 5.26 Å². The van der Waals surface area contributed by atoms with Gasteiger partial charge in [0.15, 0.2) is 16.9 Å². The van der Waals surface area contributed by atoms with Gasteiger partial charge in [-0.15, -0.1) is 11.3 Å². The number of carbonyl (C=O) groups excluding carboxylic acids is 1. The number of hydrogen-bond acceptors (Lipinski definition) is 5. The Hall–Kier alpha value is -1.98. The fourth-order valence-electron chi connectivity index (χ4n) is 1.53. The zero-order chi connectivity index (χ0) is 15.6. The Bertz CT molecular complexity index is 706. The molecule has 0 aliphatic heterocycles. The molecule has 0 fully saturated rings. The number of halogens is 4. The normalized spacial score (nSPS) is 12.7. The summed E-state index contributed by atoms with van der Waals surface area (Å²) in [5.74, 6) is -1.97. The Morgan fingerprint density at radius 2 is 2.10 bits per heavy atom. The molecular formula is C12H5ClF3N3OS. The molecule has 108 valence electrons. The second-order valence-electron chi connectivity index (χ2n) is 3.87. The van der Waals surface area contributed by atoms with Crippen LogP contribution in [0.25, 0.3) is 0 Å². The number of thiazole rings is 1. The third-order valence-corrected chi connectivity index (χ3v) is 3.79. The van der Waals surface area contributed by atoms with Gasteiger partial charge in [0.05, 0.1) is 22.8 Å². The number of ketones is 1. The summed E-state index contributed by atoms with van der Waals surface area (Å²) >= 11 is 6.66. The Balaban J connectivity index is 2.33. The van der Waals surface area contributed by atoms with Crippen LogP contribution in [0.15, 0.2) is 23.8 Å². The van der Waals surface area contributed by atoms with Crippen LogP contribution in [0, 0.1) is 11.3 Å². The van der Waals surface area contributed by atoms with Gasteiger partial charge in [0.2, 0.25) is 0 Å². The molecule has 0 aliphatic carbocycles. The van der Waals surface area contributed by atoms with Gasteiger partial charge in [0.25, 0.3) is 0 Å². The fourth-order valence-corrected chi connectivity index (χ4v) is 2.51. The maximum absolute atomic E-state index is 12.4. The summed E-state index contributed by atoms with van der Waals surface area (Å²) in [5.41, 5.74) is 0.315. The summed E-state index contributed by atoms with van der Waals surface area (Å²) in [7, 11) is 0. The summed E-state index contributed by atoms with van der Waals surface area (Å²) < 4.78 is 37.3. The highest BCUT2D eigenvalue weighted by molar-refractivity contribution is 7.12. The smallest absolute Gasteiger partial charge is 0.291 e. The van der Waals surface area contributed by atoms with Crippen molar-refractivity contribution >= 4 is 28.7 Å². The van der Waals surface area contributed by atoms with Crippen LogP contribution in [0.4, 0.5) is 13.2 Å². The largest absolute Gasteiger partial charge is 0.417 e. The average molecular weight is 332 g/mol. The quantitative estimate of drug-likeness (QED) is 0.804. The van der Waals surface area contributed by atoms with Gasteiger partial charge in [-0.3, -0.25) is 9.78 Å². The van der Waals surface area contributed by atoms with E-state index in [2.05, 4.69) is 9.97 Å². The molecule has 0 amide bonds. The van der Waals surface area contributed by atoms with Crippen LogP contribution in [-0.2, 0) is 6.18 Å². The van der Waals surface area contributed by atoms with Gasteiger partial charge in [-0.25, -0.2) is 4.98 Å². The monoisotopic (exact) mass is 331 g/mol. The number of nitriles is 1. The summed E-state index contributed by atoms with van der Waals surface area (Å²) in [5, 5.41) is 9.03. The van der Waals surface area contributed by atoms with Crippen molar-refractivity contribution in [3.8, 4) is 6.07 Å². The number of Topliss-reactive ketones (excluding diaryl/α,β-unsaturated/α-hetero) is 1. The number of hydrogen-bond donors (Lipinski definition) is 0. The predicted molar refractivity (Wildman–Crippen MR) is 69.0 cm³/mol. The van der Waals surface area contributed by atoms with Gasteiger partial charge in [0.1, 0.15) is 4.88 Å². The molecule has 1 atom stereocenters. The molecule has 2 heterocycles. The molecule has 0 spiro atoms. The van der Waals surface area contributed by atoms with Crippen LogP contribution < -0.4 is 0 Å². The predicted octanol–water partition coefficient (Wildman–Crippen LogP) is 3.70.